The lowest BCUT2D eigenvalue weighted by molar-refractivity contribution is 0.684. The first-order chi connectivity index (χ1) is 4.33. The first kappa shape index (κ1) is 5.01. The predicted octanol–water partition coefficient (Wildman–Crippen LogP) is 0.571. The molecular weight excluding hydrogens is 112 g/mol. The van der Waals surface area contributed by atoms with Gasteiger partial charge in [-0.2, -0.15) is 5.26 Å². The molecule has 0 bridgehead atoms. The fourth-order valence-electron chi connectivity index (χ4n) is 1.46. The number of hydrogen-bond donors (Lipinski definition) is 1. The van der Waals surface area contributed by atoms with Gasteiger partial charge in [-0.3, -0.25) is 5.32 Å². The van der Waals surface area contributed by atoms with Crippen LogP contribution in [0, 0.1) is 11.3 Å². The van der Waals surface area contributed by atoms with Gasteiger partial charge in [-0.15, -0.1) is 0 Å². The Balaban J connectivity index is 2.11. The molecule has 46 valence electrons. The fraction of sp³-hybridized carbons (Fsp3) is 0.571. The quantitative estimate of drug-likeness (QED) is 0.474. The lowest BCUT2D eigenvalue weighted by Crippen LogP contribution is -2.24. The summed E-state index contributed by atoms with van der Waals surface area (Å²) >= 11 is 0. The highest BCUT2D eigenvalue weighted by molar-refractivity contribution is 5.49. The largest absolute Gasteiger partial charge is 0.291 e. The van der Waals surface area contributed by atoms with Gasteiger partial charge in [-0.05, 0) is 18.9 Å². The minimum Gasteiger partial charge on any atom is -0.291 e. The van der Waals surface area contributed by atoms with Crippen LogP contribution in [0.3, 0.4) is 0 Å². The SMILES string of the molecule is CC1=C2C[C@H](C#N)N[C@H]12. The standard InChI is InChI=1S/C7H8N2/c1-4-6-2-5(3-8)9-7(4)6/h5,7,9H,2H2,1H3/t5-,7-/m1/s1. The van der Waals surface area contributed by atoms with Crippen molar-refractivity contribution >= 4 is 0 Å². The molecule has 0 aromatic carbocycles. The van der Waals surface area contributed by atoms with Gasteiger partial charge in [-0.25, -0.2) is 0 Å². The highest BCUT2D eigenvalue weighted by Crippen LogP contribution is 2.39. The zero-order valence-electron chi connectivity index (χ0n) is 5.31. The van der Waals surface area contributed by atoms with E-state index in [1.54, 1.807) is 0 Å². The normalized spacial score (nSPS) is 38.2. The molecule has 2 atom stereocenters. The van der Waals surface area contributed by atoms with Crippen LogP contribution in [0.4, 0.5) is 0 Å². The van der Waals surface area contributed by atoms with E-state index in [2.05, 4.69) is 18.3 Å². The highest BCUT2D eigenvalue weighted by atomic mass is 15.0. The van der Waals surface area contributed by atoms with Crippen LogP contribution >= 0.6 is 0 Å². The van der Waals surface area contributed by atoms with Gasteiger partial charge in [0.15, 0.2) is 0 Å². The molecule has 0 radical (unpaired) electrons. The van der Waals surface area contributed by atoms with Crippen molar-refractivity contribution < 1.29 is 0 Å². The topological polar surface area (TPSA) is 35.8 Å². The molecule has 0 unspecified atom stereocenters. The molecule has 0 saturated carbocycles. The summed E-state index contributed by atoms with van der Waals surface area (Å²) in [6, 6.07) is 2.83. The molecule has 1 N–H and O–H groups in total. The average molecular weight is 120 g/mol. The van der Waals surface area contributed by atoms with Crippen LogP contribution in [0.2, 0.25) is 0 Å². The van der Waals surface area contributed by atoms with Gasteiger partial charge in [0, 0.05) is 0 Å². The zero-order chi connectivity index (χ0) is 6.43. The maximum atomic E-state index is 8.46. The van der Waals surface area contributed by atoms with Gasteiger partial charge in [0.25, 0.3) is 0 Å². The van der Waals surface area contributed by atoms with Crippen molar-refractivity contribution in [1.29, 1.82) is 5.26 Å². The van der Waals surface area contributed by atoms with Crippen molar-refractivity contribution in [3.63, 3.8) is 0 Å². The van der Waals surface area contributed by atoms with Crippen molar-refractivity contribution in [3.05, 3.63) is 11.1 Å². The van der Waals surface area contributed by atoms with Crippen LogP contribution in [0.1, 0.15) is 13.3 Å². The van der Waals surface area contributed by atoms with E-state index in [0.717, 1.165) is 6.42 Å². The van der Waals surface area contributed by atoms with Gasteiger partial charge in [0.1, 0.15) is 0 Å². The maximum absolute atomic E-state index is 8.46. The van der Waals surface area contributed by atoms with Gasteiger partial charge < -0.3 is 0 Å². The highest BCUT2D eigenvalue weighted by Gasteiger charge is 2.41. The number of nitriles is 1. The van der Waals surface area contributed by atoms with E-state index < -0.39 is 0 Å². The molecule has 2 aliphatic rings. The molecule has 1 saturated heterocycles. The Kier molecular flexibility index (Phi) is 0.762. The molecular formula is C7H8N2. The lowest BCUT2D eigenvalue weighted by Gasteiger charge is -1.99. The van der Waals surface area contributed by atoms with E-state index in [-0.39, 0.29) is 6.04 Å². The van der Waals surface area contributed by atoms with E-state index in [0.29, 0.717) is 6.04 Å². The summed E-state index contributed by atoms with van der Waals surface area (Å²) in [5.74, 6) is 0. The van der Waals surface area contributed by atoms with Gasteiger partial charge in [0.05, 0.1) is 18.2 Å². The summed E-state index contributed by atoms with van der Waals surface area (Å²) in [4.78, 5) is 0. The summed E-state index contributed by atoms with van der Waals surface area (Å²) in [6.07, 6.45) is 0.965. The van der Waals surface area contributed by atoms with Crippen molar-refractivity contribution in [2.75, 3.05) is 0 Å². The van der Waals surface area contributed by atoms with Gasteiger partial charge >= 0.3 is 0 Å². The van der Waals surface area contributed by atoms with E-state index >= 15 is 0 Å². The summed E-state index contributed by atoms with van der Waals surface area (Å²) in [5, 5.41) is 11.6. The van der Waals surface area contributed by atoms with Gasteiger partial charge in [-0.1, -0.05) is 5.57 Å². The third-order valence-electron chi connectivity index (χ3n) is 2.15. The van der Waals surface area contributed by atoms with E-state index in [9.17, 15) is 0 Å². The molecule has 0 aromatic rings. The molecule has 2 heteroatoms. The van der Waals surface area contributed by atoms with Crippen LogP contribution in [-0.4, -0.2) is 12.1 Å². The first-order valence-electron chi connectivity index (χ1n) is 3.18. The Bertz CT molecular complexity index is 222. The Morgan fingerprint density at radius 1 is 1.78 bits per heavy atom. The Morgan fingerprint density at radius 2 is 2.56 bits per heavy atom. The number of nitrogens with one attached hydrogen (secondary N) is 1. The molecule has 1 aliphatic carbocycles. The van der Waals surface area contributed by atoms with Crippen LogP contribution in [0.25, 0.3) is 0 Å². The van der Waals surface area contributed by atoms with Crippen molar-refractivity contribution in [1.82, 2.24) is 5.32 Å². The monoisotopic (exact) mass is 120 g/mol. The molecule has 0 aromatic heterocycles. The second kappa shape index (κ2) is 1.37. The second-order valence-corrected chi connectivity index (χ2v) is 2.69. The summed E-state index contributed by atoms with van der Waals surface area (Å²) in [7, 11) is 0. The molecule has 0 spiro atoms. The summed E-state index contributed by atoms with van der Waals surface area (Å²) < 4.78 is 0. The molecule has 9 heavy (non-hydrogen) atoms. The minimum absolute atomic E-state index is 0.105. The van der Waals surface area contributed by atoms with Crippen molar-refractivity contribution in [2.24, 2.45) is 0 Å². The van der Waals surface area contributed by atoms with Crippen LogP contribution in [0.15, 0.2) is 11.1 Å². The molecule has 1 heterocycles. The summed E-state index contributed by atoms with van der Waals surface area (Å²) in [5.41, 5.74) is 2.93. The number of fused-ring (bicyclic) bond motifs is 1. The Labute approximate surface area is 54.2 Å². The average Bonchev–Trinajstić information content (AvgIpc) is 2.32. The molecule has 1 aliphatic heterocycles. The first-order valence-corrected chi connectivity index (χ1v) is 3.18. The second-order valence-electron chi connectivity index (χ2n) is 2.69. The maximum Gasteiger partial charge on any atom is 0.0998 e. The van der Waals surface area contributed by atoms with Crippen molar-refractivity contribution in [2.45, 2.75) is 25.4 Å². The third kappa shape index (κ3) is 0.526. The van der Waals surface area contributed by atoms with Crippen molar-refractivity contribution in [3.8, 4) is 6.07 Å². The molecule has 1 fully saturated rings. The van der Waals surface area contributed by atoms with Crippen LogP contribution in [0.5, 0.6) is 0 Å². The summed E-state index contributed by atoms with van der Waals surface area (Å²) in [6.45, 7) is 2.13. The van der Waals surface area contributed by atoms with E-state index in [1.165, 1.54) is 11.1 Å². The third-order valence-corrected chi connectivity index (χ3v) is 2.15. The number of nitrogens with zero attached hydrogens (tertiary/aromatic N) is 1. The van der Waals surface area contributed by atoms with E-state index in [4.69, 9.17) is 5.26 Å². The number of hydrogen-bond acceptors (Lipinski definition) is 2. The fourth-order valence-corrected chi connectivity index (χ4v) is 1.46. The Morgan fingerprint density at radius 3 is 3.00 bits per heavy atom. The van der Waals surface area contributed by atoms with Crippen LogP contribution < -0.4 is 5.32 Å². The lowest BCUT2D eigenvalue weighted by atomic mass is 10.2. The predicted molar refractivity (Wildman–Crippen MR) is 33.6 cm³/mol. The Hall–Kier alpha value is -0.810. The van der Waals surface area contributed by atoms with Gasteiger partial charge in [0.2, 0.25) is 0 Å². The number of rotatable bonds is 0. The molecule has 0 amide bonds. The zero-order valence-corrected chi connectivity index (χ0v) is 5.31. The minimum atomic E-state index is 0.105. The molecule has 2 rings (SSSR count). The van der Waals surface area contributed by atoms with E-state index in [1.807, 2.05) is 0 Å². The molecule has 2 nitrogen and oxygen atoms in total. The smallest absolute Gasteiger partial charge is 0.0998 e. The van der Waals surface area contributed by atoms with Crippen LogP contribution in [-0.2, 0) is 0 Å².